The van der Waals surface area contributed by atoms with Crippen molar-refractivity contribution in [3.8, 4) is 0 Å². The molecule has 3 aliphatic rings. The molecule has 2 N–H and O–H groups in total. The first-order valence-corrected chi connectivity index (χ1v) is 13.9. The summed E-state index contributed by atoms with van der Waals surface area (Å²) in [5.74, 6) is 1.78. The minimum Gasteiger partial charge on any atom is -0.351 e. The summed E-state index contributed by atoms with van der Waals surface area (Å²) in [5, 5.41) is 18.7. The second-order valence-corrected chi connectivity index (χ2v) is 13.1. The fraction of sp³-hybridized carbons (Fsp3) is 0.500. The van der Waals surface area contributed by atoms with Gasteiger partial charge in [-0.3, -0.25) is 5.01 Å². The van der Waals surface area contributed by atoms with Crippen LogP contribution in [0.1, 0.15) is 23.5 Å². The number of fused-ring (bicyclic) bond motifs is 3. The first kappa shape index (κ1) is 22.7. The molecule has 6 heterocycles. The van der Waals surface area contributed by atoms with E-state index in [0.717, 1.165) is 53.9 Å². The van der Waals surface area contributed by atoms with Gasteiger partial charge in [-0.1, -0.05) is 0 Å². The SMILES string of the molecule is Cc1cc(Nc2cc(N3C[C@@H]4C[C@H]3CN4)nc3c(C4C=NN(C)C4)cnn23)sc1S(=O)(=O)N(C)C. The highest BCUT2D eigenvalue weighted by atomic mass is 32.2. The third-order valence-electron chi connectivity index (χ3n) is 6.98. The van der Waals surface area contributed by atoms with Gasteiger partial charge in [0.25, 0.3) is 10.0 Å². The largest absolute Gasteiger partial charge is 0.351 e. The van der Waals surface area contributed by atoms with Crippen molar-refractivity contribution >= 4 is 49.9 Å². The Kier molecular flexibility index (Phi) is 5.29. The molecule has 3 aromatic heterocycles. The van der Waals surface area contributed by atoms with Crippen LogP contribution >= 0.6 is 11.3 Å². The smallest absolute Gasteiger partial charge is 0.252 e. The summed E-state index contributed by atoms with van der Waals surface area (Å²) < 4.78 is 28.9. The lowest BCUT2D eigenvalue weighted by molar-refractivity contribution is 0.381. The van der Waals surface area contributed by atoms with Crippen molar-refractivity contribution in [1.29, 1.82) is 0 Å². The van der Waals surface area contributed by atoms with E-state index >= 15 is 0 Å². The van der Waals surface area contributed by atoms with Crippen molar-refractivity contribution in [3.63, 3.8) is 0 Å². The van der Waals surface area contributed by atoms with Crippen LogP contribution in [-0.2, 0) is 10.0 Å². The van der Waals surface area contributed by atoms with E-state index < -0.39 is 10.0 Å². The maximum Gasteiger partial charge on any atom is 0.252 e. The molecule has 3 aromatic rings. The van der Waals surface area contributed by atoms with Crippen LogP contribution < -0.4 is 15.5 Å². The van der Waals surface area contributed by atoms with Gasteiger partial charge in [0, 0.05) is 76.6 Å². The summed E-state index contributed by atoms with van der Waals surface area (Å²) >= 11 is 1.23. The van der Waals surface area contributed by atoms with Gasteiger partial charge >= 0.3 is 0 Å². The summed E-state index contributed by atoms with van der Waals surface area (Å²) in [6.45, 7) is 4.49. The fourth-order valence-corrected chi connectivity index (χ4v) is 7.88. The Morgan fingerprint density at radius 1 is 1.26 bits per heavy atom. The highest BCUT2D eigenvalue weighted by Gasteiger charge is 2.39. The summed E-state index contributed by atoms with van der Waals surface area (Å²) in [4.78, 5) is 7.45. The van der Waals surface area contributed by atoms with E-state index in [1.54, 1.807) is 14.1 Å². The molecule has 0 amide bonds. The first-order chi connectivity index (χ1) is 16.7. The molecule has 1 unspecified atom stereocenters. The van der Waals surface area contributed by atoms with E-state index in [-0.39, 0.29) is 5.92 Å². The summed E-state index contributed by atoms with van der Waals surface area (Å²) in [7, 11) is 1.54. The number of nitrogens with zero attached hydrogens (tertiary/aromatic N) is 7. The van der Waals surface area contributed by atoms with E-state index in [1.165, 1.54) is 15.6 Å². The van der Waals surface area contributed by atoms with Gasteiger partial charge in [-0.15, -0.1) is 11.3 Å². The number of rotatable bonds is 6. The van der Waals surface area contributed by atoms with Crippen LogP contribution in [-0.4, -0.2) is 91.4 Å². The third kappa shape index (κ3) is 3.77. The van der Waals surface area contributed by atoms with E-state index in [1.807, 2.05) is 48.0 Å². The molecule has 186 valence electrons. The minimum absolute atomic E-state index is 0.116. The zero-order valence-corrected chi connectivity index (χ0v) is 21.8. The van der Waals surface area contributed by atoms with E-state index in [2.05, 4.69) is 25.7 Å². The molecule has 3 atom stereocenters. The van der Waals surface area contributed by atoms with Crippen LogP contribution in [0, 0.1) is 6.92 Å². The highest BCUT2D eigenvalue weighted by Crippen LogP contribution is 2.36. The Balaban J connectivity index is 1.43. The molecule has 0 spiro atoms. The lowest BCUT2D eigenvalue weighted by Crippen LogP contribution is -2.44. The molecule has 0 saturated carbocycles. The van der Waals surface area contributed by atoms with Crippen LogP contribution in [0.15, 0.2) is 27.6 Å². The van der Waals surface area contributed by atoms with Gasteiger partial charge in [0.2, 0.25) is 0 Å². The van der Waals surface area contributed by atoms with E-state index in [0.29, 0.717) is 21.9 Å². The molecule has 2 saturated heterocycles. The number of thiophene rings is 1. The molecule has 6 rings (SSSR count). The zero-order valence-electron chi connectivity index (χ0n) is 20.1. The van der Waals surface area contributed by atoms with Gasteiger partial charge in [-0.05, 0) is 25.0 Å². The number of hydrogen-bond donors (Lipinski definition) is 2. The van der Waals surface area contributed by atoms with Crippen LogP contribution in [0.5, 0.6) is 0 Å². The van der Waals surface area contributed by atoms with Crippen molar-refractivity contribution < 1.29 is 8.42 Å². The Morgan fingerprint density at radius 2 is 2.09 bits per heavy atom. The number of nitrogens with one attached hydrogen (secondary N) is 2. The van der Waals surface area contributed by atoms with Gasteiger partial charge < -0.3 is 15.5 Å². The standard InChI is InChI=1S/C22H29N9O2S2/c1-13-5-20(34-22(13)35(32,33)28(2)3)26-19-7-18(30-12-15-6-16(30)9-23-15)27-21-17(10-25-31(19)21)14-8-24-29(4)11-14/h5,7-8,10,14-16,23,26H,6,9,11-12H2,1-4H3/t14?,15-,16-/m0/s1. The molecule has 11 nitrogen and oxygen atoms in total. The van der Waals surface area contributed by atoms with Crippen LogP contribution in [0.2, 0.25) is 0 Å². The average Bonchev–Trinajstić information content (AvgIpc) is 3.62. The van der Waals surface area contributed by atoms with Gasteiger partial charge in [0.1, 0.15) is 15.8 Å². The van der Waals surface area contributed by atoms with Gasteiger partial charge in [-0.2, -0.15) is 14.7 Å². The number of aromatic nitrogens is 3. The van der Waals surface area contributed by atoms with Crippen molar-refractivity contribution in [2.75, 3.05) is 51.0 Å². The van der Waals surface area contributed by atoms with Crippen LogP contribution in [0.25, 0.3) is 5.65 Å². The predicted octanol–water partition coefficient (Wildman–Crippen LogP) is 1.66. The Labute approximate surface area is 208 Å². The van der Waals surface area contributed by atoms with Crippen molar-refractivity contribution in [1.82, 2.24) is 29.2 Å². The topological polar surface area (TPSA) is 110 Å². The number of likely N-dealkylation sites (N-methyl/N-ethyl adjacent to an activating group) is 1. The number of hydrazone groups is 1. The molecular formula is C22H29N9O2S2. The van der Waals surface area contributed by atoms with Crippen molar-refractivity contribution in [2.45, 2.75) is 35.6 Å². The lowest BCUT2D eigenvalue weighted by Gasteiger charge is -2.29. The minimum atomic E-state index is -3.52. The summed E-state index contributed by atoms with van der Waals surface area (Å²) in [5.41, 5.74) is 2.54. The normalized spacial score (nSPS) is 24.0. The Hall–Kier alpha value is -2.74. The second kappa shape index (κ2) is 8.15. The number of hydrogen-bond acceptors (Lipinski definition) is 10. The van der Waals surface area contributed by atoms with E-state index in [9.17, 15) is 8.42 Å². The van der Waals surface area contributed by atoms with Gasteiger partial charge in [-0.25, -0.2) is 17.7 Å². The molecule has 2 fully saturated rings. The molecular weight excluding hydrogens is 486 g/mol. The Bertz CT molecular complexity index is 1430. The number of anilines is 3. The maximum absolute atomic E-state index is 12.8. The molecule has 0 aliphatic carbocycles. The number of aryl methyl sites for hydroxylation is 1. The lowest BCUT2D eigenvalue weighted by atomic mass is 10.0. The summed E-state index contributed by atoms with van der Waals surface area (Å²) in [6, 6.07) is 4.81. The molecule has 35 heavy (non-hydrogen) atoms. The van der Waals surface area contributed by atoms with Crippen LogP contribution in [0.4, 0.5) is 16.6 Å². The molecule has 3 aliphatic heterocycles. The van der Waals surface area contributed by atoms with Gasteiger partial charge in [0.05, 0.1) is 11.2 Å². The number of piperazine rings is 1. The maximum atomic E-state index is 12.8. The van der Waals surface area contributed by atoms with Crippen molar-refractivity contribution in [3.05, 3.63) is 29.5 Å². The first-order valence-electron chi connectivity index (χ1n) is 11.6. The molecule has 13 heteroatoms. The third-order valence-corrected chi connectivity index (χ3v) is 10.6. The predicted molar refractivity (Wildman–Crippen MR) is 138 cm³/mol. The number of sulfonamides is 1. The quantitative estimate of drug-likeness (QED) is 0.510. The van der Waals surface area contributed by atoms with E-state index in [4.69, 9.17) is 4.98 Å². The molecule has 0 radical (unpaired) electrons. The fourth-order valence-electron chi connectivity index (χ4n) is 5.13. The monoisotopic (exact) mass is 515 g/mol. The molecule has 2 bridgehead atoms. The van der Waals surface area contributed by atoms with Crippen molar-refractivity contribution in [2.24, 2.45) is 5.10 Å². The second-order valence-electron chi connectivity index (χ2n) is 9.69. The highest BCUT2D eigenvalue weighted by molar-refractivity contribution is 7.91. The van der Waals surface area contributed by atoms with Gasteiger partial charge in [0.15, 0.2) is 5.65 Å². The Morgan fingerprint density at radius 3 is 2.74 bits per heavy atom. The summed E-state index contributed by atoms with van der Waals surface area (Å²) in [6.07, 6.45) is 4.94. The van der Waals surface area contributed by atoms with Crippen LogP contribution in [0.3, 0.4) is 0 Å². The molecule has 0 aromatic carbocycles. The zero-order chi connectivity index (χ0) is 24.5. The average molecular weight is 516 g/mol.